The van der Waals surface area contributed by atoms with Gasteiger partial charge in [0.15, 0.2) is 5.76 Å². The van der Waals surface area contributed by atoms with Gasteiger partial charge >= 0.3 is 5.97 Å². The molecular weight excluding hydrogens is 340 g/mol. The number of carbonyl (C=O) groups excluding carboxylic acids is 2. The lowest BCUT2D eigenvalue weighted by atomic mass is 9.97. The Bertz CT molecular complexity index is 716. The van der Waals surface area contributed by atoms with Crippen LogP contribution in [-0.4, -0.2) is 48.2 Å². The van der Waals surface area contributed by atoms with Crippen LogP contribution < -0.4 is 0 Å². The minimum atomic E-state index is -0.172. The van der Waals surface area contributed by atoms with Gasteiger partial charge in [0.1, 0.15) is 12.3 Å². The molecule has 0 N–H and O–H groups in total. The van der Waals surface area contributed by atoms with Crippen LogP contribution in [0.15, 0.2) is 33.4 Å². The highest BCUT2D eigenvalue weighted by Gasteiger charge is 2.28. The Morgan fingerprint density at radius 2 is 2.12 bits per heavy atom. The van der Waals surface area contributed by atoms with Gasteiger partial charge in [0.05, 0.1) is 25.4 Å². The van der Waals surface area contributed by atoms with Crippen molar-refractivity contribution in [2.24, 2.45) is 5.92 Å². The first-order valence-electron chi connectivity index (χ1n) is 8.69. The summed E-state index contributed by atoms with van der Waals surface area (Å²) in [5, 5.41) is 3.89. The summed E-state index contributed by atoms with van der Waals surface area (Å²) in [5.41, 5.74) is 0.588. The molecule has 1 aliphatic heterocycles. The third-order valence-corrected chi connectivity index (χ3v) is 4.27. The Kier molecular flexibility index (Phi) is 6.06. The van der Waals surface area contributed by atoms with Gasteiger partial charge in [0.25, 0.3) is 0 Å². The molecule has 1 fully saturated rings. The molecule has 26 heavy (non-hydrogen) atoms. The quantitative estimate of drug-likeness (QED) is 0.697. The third kappa shape index (κ3) is 4.51. The van der Waals surface area contributed by atoms with E-state index in [1.54, 1.807) is 36.3 Å². The average Bonchev–Trinajstić information content (AvgIpc) is 3.33. The summed E-state index contributed by atoms with van der Waals surface area (Å²) < 4.78 is 20.9. The normalized spacial score (nSPS) is 15.2. The van der Waals surface area contributed by atoms with Crippen molar-refractivity contribution in [3.05, 3.63) is 30.2 Å². The average molecular weight is 362 g/mol. The van der Waals surface area contributed by atoms with Crippen molar-refractivity contribution in [2.45, 2.75) is 26.4 Å². The fourth-order valence-electron chi connectivity index (χ4n) is 2.87. The molecule has 2 aromatic heterocycles. The van der Waals surface area contributed by atoms with Gasteiger partial charge in [-0.15, -0.1) is 0 Å². The Morgan fingerprint density at radius 3 is 2.81 bits per heavy atom. The number of carbonyl (C=O) groups is 2. The van der Waals surface area contributed by atoms with Crippen molar-refractivity contribution in [1.82, 2.24) is 10.1 Å². The van der Waals surface area contributed by atoms with Gasteiger partial charge < -0.3 is 23.3 Å². The Morgan fingerprint density at radius 1 is 1.31 bits per heavy atom. The van der Waals surface area contributed by atoms with Crippen LogP contribution in [0.5, 0.6) is 0 Å². The second-order valence-electron chi connectivity index (χ2n) is 6.06. The van der Waals surface area contributed by atoms with Gasteiger partial charge in [0.2, 0.25) is 11.7 Å². The van der Waals surface area contributed by atoms with Crippen LogP contribution >= 0.6 is 0 Å². The molecule has 1 saturated heterocycles. The molecule has 3 heterocycles. The zero-order valence-corrected chi connectivity index (χ0v) is 14.7. The third-order valence-electron chi connectivity index (χ3n) is 4.27. The topological polar surface area (TPSA) is 95.0 Å². The molecule has 0 spiro atoms. The van der Waals surface area contributed by atoms with Gasteiger partial charge in [0, 0.05) is 19.2 Å². The van der Waals surface area contributed by atoms with E-state index >= 15 is 0 Å². The van der Waals surface area contributed by atoms with Gasteiger partial charge in [-0.2, -0.15) is 0 Å². The molecule has 2 aromatic rings. The summed E-state index contributed by atoms with van der Waals surface area (Å²) in [5.74, 6) is 0.719. The SMILES string of the molecule is CCOC(=O)C1CCN(C(=O)COCc2cc(-c3ccco3)on2)CC1. The second-order valence-corrected chi connectivity index (χ2v) is 6.06. The van der Waals surface area contributed by atoms with Crippen molar-refractivity contribution < 1.29 is 28.0 Å². The smallest absolute Gasteiger partial charge is 0.309 e. The number of furan rings is 1. The van der Waals surface area contributed by atoms with E-state index in [0.29, 0.717) is 49.8 Å². The molecule has 8 heteroatoms. The minimum absolute atomic E-state index is 0.0347. The van der Waals surface area contributed by atoms with Crippen molar-refractivity contribution in [3.8, 4) is 11.5 Å². The maximum absolute atomic E-state index is 12.2. The number of piperidine rings is 1. The van der Waals surface area contributed by atoms with E-state index in [4.69, 9.17) is 18.4 Å². The standard InChI is InChI=1S/C18H22N2O6/c1-2-24-18(22)13-5-7-20(8-6-13)17(21)12-23-11-14-10-16(26-19-14)15-4-3-9-25-15/h3-4,9-10,13H,2,5-8,11-12H2,1H3. The molecule has 0 bridgehead atoms. The summed E-state index contributed by atoms with van der Waals surface area (Å²) in [4.78, 5) is 25.6. The number of rotatable bonds is 7. The van der Waals surface area contributed by atoms with Crippen LogP contribution in [-0.2, 0) is 25.7 Å². The second kappa shape index (κ2) is 8.66. The molecule has 8 nitrogen and oxygen atoms in total. The first-order valence-corrected chi connectivity index (χ1v) is 8.69. The minimum Gasteiger partial charge on any atom is -0.466 e. The summed E-state index contributed by atoms with van der Waals surface area (Å²) >= 11 is 0. The predicted octanol–water partition coefficient (Wildman–Crippen LogP) is 2.25. The lowest BCUT2D eigenvalue weighted by Crippen LogP contribution is -2.42. The van der Waals surface area contributed by atoms with Crippen LogP contribution in [0.4, 0.5) is 0 Å². The highest BCUT2D eigenvalue weighted by Crippen LogP contribution is 2.21. The van der Waals surface area contributed by atoms with Gasteiger partial charge in [-0.3, -0.25) is 9.59 Å². The van der Waals surface area contributed by atoms with Crippen LogP contribution in [0.3, 0.4) is 0 Å². The van der Waals surface area contributed by atoms with E-state index in [0.717, 1.165) is 0 Å². The summed E-state index contributed by atoms with van der Waals surface area (Å²) in [7, 11) is 0. The van der Waals surface area contributed by atoms with E-state index in [9.17, 15) is 9.59 Å². The Balaban J connectivity index is 1.39. The maximum Gasteiger partial charge on any atom is 0.309 e. The lowest BCUT2D eigenvalue weighted by molar-refractivity contribution is -0.152. The molecule has 1 aliphatic rings. The van der Waals surface area contributed by atoms with Crippen molar-refractivity contribution >= 4 is 11.9 Å². The number of ether oxygens (including phenoxy) is 2. The molecule has 140 valence electrons. The first-order chi connectivity index (χ1) is 12.7. The summed E-state index contributed by atoms with van der Waals surface area (Å²) in [6, 6.07) is 5.25. The Labute approximate surface area is 151 Å². The molecule has 0 atom stereocenters. The predicted molar refractivity (Wildman–Crippen MR) is 89.8 cm³/mol. The molecule has 0 aliphatic carbocycles. The molecular formula is C18H22N2O6. The number of hydrogen-bond donors (Lipinski definition) is 0. The van der Waals surface area contributed by atoms with Crippen molar-refractivity contribution in [1.29, 1.82) is 0 Å². The monoisotopic (exact) mass is 362 g/mol. The fraction of sp³-hybridized carbons (Fsp3) is 0.500. The molecule has 0 aromatic carbocycles. The van der Waals surface area contributed by atoms with E-state index in [1.165, 1.54) is 0 Å². The van der Waals surface area contributed by atoms with Gasteiger partial charge in [-0.25, -0.2) is 0 Å². The van der Waals surface area contributed by atoms with Crippen LogP contribution in [0.1, 0.15) is 25.5 Å². The number of amides is 1. The maximum atomic E-state index is 12.2. The van der Waals surface area contributed by atoms with Crippen LogP contribution in [0.2, 0.25) is 0 Å². The van der Waals surface area contributed by atoms with E-state index in [-0.39, 0.29) is 31.0 Å². The van der Waals surface area contributed by atoms with E-state index < -0.39 is 0 Å². The number of hydrogen-bond acceptors (Lipinski definition) is 7. The highest BCUT2D eigenvalue weighted by atomic mass is 16.5. The van der Waals surface area contributed by atoms with E-state index in [1.807, 2.05) is 0 Å². The molecule has 3 rings (SSSR count). The van der Waals surface area contributed by atoms with Crippen molar-refractivity contribution in [2.75, 3.05) is 26.3 Å². The van der Waals surface area contributed by atoms with E-state index in [2.05, 4.69) is 5.16 Å². The molecule has 1 amide bonds. The zero-order chi connectivity index (χ0) is 18.4. The summed E-state index contributed by atoms with van der Waals surface area (Å²) in [6.45, 7) is 3.40. The largest absolute Gasteiger partial charge is 0.466 e. The number of likely N-dealkylation sites (tertiary alicyclic amines) is 1. The van der Waals surface area contributed by atoms with Gasteiger partial charge in [-0.05, 0) is 31.9 Å². The van der Waals surface area contributed by atoms with Crippen molar-refractivity contribution in [3.63, 3.8) is 0 Å². The van der Waals surface area contributed by atoms with Crippen LogP contribution in [0.25, 0.3) is 11.5 Å². The first kappa shape index (κ1) is 18.2. The fourth-order valence-corrected chi connectivity index (χ4v) is 2.87. The molecule has 0 unspecified atom stereocenters. The summed E-state index contributed by atoms with van der Waals surface area (Å²) in [6.07, 6.45) is 2.80. The lowest BCUT2D eigenvalue weighted by Gasteiger charge is -2.30. The number of aromatic nitrogens is 1. The molecule has 0 saturated carbocycles. The Hall–Kier alpha value is -2.61. The number of nitrogens with zero attached hydrogens (tertiary/aromatic N) is 2. The molecule has 0 radical (unpaired) electrons. The highest BCUT2D eigenvalue weighted by molar-refractivity contribution is 5.78. The zero-order valence-electron chi connectivity index (χ0n) is 14.7. The van der Waals surface area contributed by atoms with Crippen LogP contribution in [0, 0.1) is 5.92 Å². The number of esters is 1. The van der Waals surface area contributed by atoms with Gasteiger partial charge in [-0.1, -0.05) is 5.16 Å².